The average molecular weight is 461 g/mol. The Bertz CT molecular complexity index is 1170. The number of carboxylic acids is 1. The number of carbonyl (C=O) groups is 2. The lowest BCUT2D eigenvalue weighted by molar-refractivity contribution is 0.0459. The molecule has 0 atom stereocenters. The van der Waals surface area contributed by atoms with Crippen molar-refractivity contribution in [3.05, 3.63) is 77.9 Å². The summed E-state index contributed by atoms with van der Waals surface area (Å²) in [4.78, 5) is 27.1. The summed E-state index contributed by atoms with van der Waals surface area (Å²) in [5.74, 6) is -1.89. The Morgan fingerprint density at radius 3 is 2.38 bits per heavy atom. The Hall–Kier alpha value is -3.84. The van der Waals surface area contributed by atoms with E-state index >= 15 is 0 Å². The summed E-state index contributed by atoms with van der Waals surface area (Å²) in [5.41, 5.74) is 2.73. The fraction of sp³-hybridized carbons (Fsp3) is 0.259. The summed E-state index contributed by atoms with van der Waals surface area (Å²) in [7, 11) is 0. The molecule has 0 saturated carbocycles. The highest BCUT2D eigenvalue weighted by atomic mass is 16.5. The quantitative estimate of drug-likeness (QED) is 0.458. The average Bonchev–Trinajstić information content (AvgIpc) is 2.85. The zero-order valence-corrected chi connectivity index (χ0v) is 19.0. The minimum Gasteiger partial charge on any atom is -0.507 e. The second-order valence-electron chi connectivity index (χ2n) is 8.23. The van der Waals surface area contributed by atoms with Gasteiger partial charge < -0.3 is 25.2 Å². The first-order chi connectivity index (χ1) is 16.5. The van der Waals surface area contributed by atoms with Crippen LogP contribution >= 0.6 is 0 Å². The molecule has 7 nitrogen and oxygen atoms in total. The number of hydrogen-bond donors (Lipinski definition) is 3. The second kappa shape index (κ2) is 10.4. The molecule has 0 aromatic heterocycles. The number of hydrogen-bond acceptors (Lipinski definition) is 5. The van der Waals surface area contributed by atoms with Crippen LogP contribution in [0.1, 0.15) is 40.5 Å². The van der Waals surface area contributed by atoms with Gasteiger partial charge >= 0.3 is 5.97 Å². The van der Waals surface area contributed by atoms with E-state index in [-0.39, 0.29) is 28.7 Å². The molecule has 1 aliphatic rings. The van der Waals surface area contributed by atoms with E-state index < -0.39 is 11.9 Å². The van der Waals surface area contributed by atoms with Crippen LogP contribution in [-0.2, 0) is 4.74 Å². The number of aromatic hydroxyl groups is 1. The smallest absolute Gasteiger partial charge is 0.337 e. The van der Waals surface area contributed by atoms with Gasteiger partial charge in [0.25, 0.3) is 5.91 Å². The standard InChI is InChI=1S/C27H28N2O5/c1-2-34-21-12-14-29(15-13-21)20-9-11-25(30)23(17-20)26(31)28-24-16-19(8-10-22(24)27(32)33)18-6-4-3-5-7-18/h3-11,16-17,21,30H,2,12-15H2,1H3,(H,28,31)(H,32,33). The summed E-state index contributed by atoms with van der Waals surface area (Å²) in [6, 6.07) is 19.2. The van der Waals surface area contributed by atoms with Gasteiger partial charge in [-0.1, -0.05) is 36.4 Å². The summed E-state index contributed by atoms with van der Waals surface area (Å²) < 4.78 is 5.71. The minimum absolute atomic E-state index is 0.0262. The van der Waals surface area contributed by atoms with Crippen LogP contribution in [0.3, 0.4) is 0 Å². The molecular formula is C27H28N2O5. The summed E-state index contributed by atoms with van der Waals surface area (Å²) in [5, 5.41) is 22.7. The molecule has 3 N–H and O–H groups in total. The van der Waals surface area contributed by atoms with E-state index in [0.29, 0.717) is 6.61 Å². The summed E-state index contributed by atoms with van der Waals surface area (Å²) in [6.07, 6.45) is 2.03. The molecular weight excluding hydrogens is 432 g/mol. The van der Waals surface area contributed by atoms with Crippen LogP contribution in [0.5, 0.6) is 5.75 Å². The lowest BCUT2D eigenvalue weighted by Gasteiger charge is -2.33. The monoisotopic (exact) mass is 460 g/mol. The number of phenols is 1. The van der Waals surface area contributed by atoms with Crippen molar-refractivity contribution in [1.29, 1.82) is 0 Å². The zero-order valence-electron chi connectivity index (χ0n) is 19.0. The van der Waals surface area contributed by atoms with E-state index in [4.69, 9.17) is 4.74 Å². The van der Waals surface area contributed by atoms with Crippen LogP contribution in [-0.4, -0.2) is 47.9 Å². The summed E-state index contributed by atoms with van der Waals surface area (Å²) in [6.45, 7) is 4.26. The molecule has 4 rings (SSSR count). The minimum atomic E-state index is -1.15. The van der Waals surface area contributed by atoms with Crippen molar-refractivity contribution in [1.82, 2.24) is 0 Å². The largest absolute Gasteiger partial charge is 0.507 e. The number of nitrogens with one attached hydrogen (secondary N) is 1. The van der Waals surface area contributed by atoms with Gasteiger partial charge in [0, 0.05) is 25.4 Å². The van der Waals surface area contributed by atoms with Gasteiger partial charge in [-0.25, -0.2) is 4.79 Å². The highest BCUT2D eigenvalue weighted by Gasteiger charge is 2.22. The molecule has 176 valence electrons. The first-order valence-corrected chi connectivity index (χ1v) is 11.4. The van der Waals surface area contributed by atoms with Crippen molar-refractivity contribution in [3.8, 4) is 16.9 Å². The van der Waals surface area contributed by atoms with E-state index in [1.807, 2.05) is 37.3 Å². The van der Waals surface area contributed by atoms with Gasteiger partial charge in [0.15, 0.2) is 0 Å². The van der Waals surface area contributed by atoms with E-state index in [0.717, 1.165) is 42.7 Å². The highest BCUT2D eigenvalue weighted by molar-refractivity contribution is 6.10. The Balaban J connectivity index is 1.58. The molecule has 1 fully saturated rings. The van der Waals surface area contributed by atoms with Crippen LogP contribution in [0.15, 0.2) is 66.7 Å². The Labute approximate surface area is 198 Å². The van der Waals surface area contributed by atoms with Gasteiger partial charge in [-0.2, -0.15) is 0 Å². The number of carbonyl (C=O) groups excluding carboxylic acids is 1. The molecule has 0 unspecified atom stereocenters. The normalized spacial score (nSPS) is 14.1. The SMILES string of the molecule is CCOC1CCN(c2ccc(O)c(C(=O)Nc3cc(-c4ccccc4)ccc3C(=O)O)c2)CC1. The topological polar surface area (TPSA) is 99.1 Å². The van der Waals surface area contributed by atoms with Gasteiger partial charge in [-0.05, 0) is 61.2 Å². The second-order valence-corrected chi connectivity index (χ2v) is 8.23. The molecule has 3 aromatic carbocycles. The maximum atomic E-state index is 13.1. The number of carboxylic acid groups (broad SMARTS) is 1. The molecule has 1 amide bonds. The van der Waals surface area contributed by atoms with Crippen molar-refractivity contribution in [2.45, 2.75) is 25.9 Å². The van der Waals surface area contributed by atoms with Crippen LogP contribution in [0.2, 0.25) is 0 Å². The Morgan fingerprint density at radius 1 is 0.971 bits per heavy atom. The molecule has 0 bridgehead atoms. The third-order valence-corrected chi connectivity index (χ3v) is 6.04. The molecule has 0 aliphatic carbocycles. The molecule has 1 saturated heterocycles. The zero-order chi connectivity index (χ0) is 24.1. The number of rotatable bonds is 7. The number of phenolic OH excluding ortho intramolecular Hbond substituents is 1. The molecule has 1 aliphatic heterocycles. The molecule has 1 heterocycles. The fourth-order valence-electron chi connectivity index (χ4n) is 4.25. The lowest BCUT2D eigenvalue weighted by atomic mass is 10.0. The van der Waals surface area contributed by atoms with Crippen molar-refractivity contribution in [3.63, 3.8) is 0 Å². The van der Waals surface area contributed by atoms with Crippen LogP contribution in [0, 0.1) is 0 Å². The molecule has 0 radical (unpaired) electrons. The van der Waals surface area contributed by atoms with E-state index in [1.165, 1.54) is 12.1 Å². The van der Waals surface area contributed by atoms with Gasteiger partial charge in [-0.15, -0.1) is 0 Å². The number of nitrogens with zero attached hydrogens (tertiary/aromatic N) is 1. The van der Waals surface area contributed by atoms with Gasteiger partial charge in [0.1, 0.15) is 5.75 Å². The molecule has 7 heteroatoms. The van der Waals surface area contributed by atoms with Gasteiger partial charge in [0.05, 0.1) is 22.9 Å². The molecule has 0 spiro atoms. The molecule has 3 aromatic rings. The third-order valence-electron chi connectivity index (χ3n) is 6.04. The fourth-order valence-corrected chi connectivity index (χ4v) is 4.25. The lowest BCUT2D eigenvalue weighted by Crippen LogP contribution is -2.37. The van der Waals surface area contributed by atoms with Crippen molar-refractivity contribution < 1.29 is 24.5 Å². The first kappa shape index (κ1) is 23.3. The number of ether oxygens (including phenoxy) is 1. The third kappa shape index (κ3) is 5.21. The van der Waals surface area contributed by atoms with Crippen LogP contribution in [0.25, 0.3) is 11.1 Å². The predicted octanol–water partition coefficient (Wildman–Crippen LogP) is 5.02. The number of anilines is 2. The van der Waals surface area contributed by atoms with Crippen LogP contribution < -0.4 is 10.2 Å². The van der Waals surface area contributed by atoms with Crippen molar-refractivity contribution >= 4 is 23.3 Å². The van der Waals surface area contributed by atoms with E-state index in [9.17, 15) is 19.8 Å². The number of piperidine rings is 1. The van der Waals surface area contributed by atoms with E-state index in [1.54, 1.807) is 24.3 Å². The predicted molar refractivity (Wildman–Crippen MR) is 132 cm³/mol. The Kier molecular flexibility index (Phi) is 7.13. The summed E-state index contributed by atoms with van der Waals surface area (Å²) >= 11 is 0. The molecule has 34 heavy (non-hydrogen) atoms. The van der Waals surface area contributed by atoms with Crippen molar-refractivity contribution in [2.24, 2.45) is 0 Å². The highest BCUT2D eigenvalue weighted by Crippen LogP contribution is 2.30. The Morgan fingerprint density at radius 2 is 1.71 bits per heavy atom. The number of amides is 1. The maximum Gasteiger partial charge on any atom is 0.337 e. The van der Waals surface area contributed by atoms with Gasteiger partial charge in [0.2, 0.25) is 0 Å². The maximum absolute atomic E-state index is 13.1. The number of aromatic carboxylic acids is 1. The van der Waals surface area contributed by atoms with Crippen LogP contribution in [0.4, 0.5) is 11.4 Å². The number of benzene rings is 3. The van der Waals surface area contributed by atoms with E-state index in [2.05, 4.69) is 10.2 Å². The first-order valence-electron chi connectivity index (χ1n) is 11.4. The van der Waals surface area contributed by atoms with Gasteiger partial charge in [-0.3, -0.25) is 4.79 Å². The van der Waals surface area contributed by atoms with Crippen molar-refractivity contribution in [2.75, 3.05) is 29.9 Å².